The Hall–Kier alpha value is -1.33. The number of aliphatic hydroxyl groups is 1. The van der Waals surface area contributed by atoms with Crippen molar-refractivity contribution in [1.29, 1.82) is 0 Å². The zero-order valence-electron chi connectivity index (χ0n) is 9.68. The van der Waals surface area contributed by atoms with Gasteiger partial charge in [0.05, 0.1) is 17.6 Å². The van der Waals surface area contributed by atoms with Gasteiger partial charge in [-0.05, 0) is 18.1 Å². The van der Waals surface area contributed by atoms with Crippen LogP contribution in [-0.2, 0) is 0 Å². The van der Waals surface area contributed by atoms with Crippen LogP contribution < -0.4 is 5.32 Å². The Balaban J connectivity index is 3.05. The van der Waals surface area contributed by atoms with Crippen LogP contribution in [0.2, 0.25) is 5.02 Å². The number of nitro benzene ring substituents is 1. The number of aliphatic hydroxyl groups excluding tert-OH is 1. The Morgan fingerprint density at radius 2 is 2.18 bits per heavy atom. The molecule has 0 saturated heterocycles. The second-order valence-electron chi connectivity index (χ2n) is 4.07. The quantitative estimate of drug-likeness (QED) is 0.629. The molecule has 0 saturated carbocycles. The van der Waals surface area contributed by atoms with Crippen molar-refractivity contribution in [2.45, 2.75) is 19.9 Å². The van der Waals surface area contributed by atoms with Gasteiger partial charge in [0.25, 0.3) is 0 Å². The van der Waals surface area contributed by atoms with Crippen molar-refractivity contribution in [2.75, 3.05) is 11.9 Å². The number of nitrogens with zero attached hydrogens (tertiary/aromatic N) is 1. The van der Waals surface area contributed by atoms with Crippen LogP contribution in [0.25, 0.3) is 0 Å². The Labute approximate surface area is 105 Å². The Bertz CT molecular complexity index is 410. The summed E-state index contributed by atoms with van der Waals surface area (Å²) in [6, 6.07) is 4.43. The van der Waals surface area contributed by atoms with Crippen molar-refractivity contribution in [1.82, 2.24) is 0 Å². The van der Waals surface area contributed by atoms with Crippen LogP contribution in [0.3, 0.4) is 0 Å². The van der Waals surface area contributed by atoms with E-state index in [9.17, 15) is 15.2 Å². The molecule has 0 aliphatic rings. The third-order valence-corrected chi connectivity index (χ3v) is 2.82. The molecule has 0 heterocycles. The number of nitro groups is 1. The van der Waals surface area contributed by atoms with Crippen molar-refractivity contribution in [3.63, 3.8) is 0 Å². The summed E-state index contributed by atoms with van der Waals surface area (Å²) in [5, 5.41) is 23.1. The number of hydrogen-bond donors (Lipinski definition) is 2. The second kappa shape index (κ2) is 5.84. The zero-order valence-corrected chi connectivity index (χ0v) is 10.4. The van der Waals surface area contributed by atoms with Gasteiger partial charge in [0.15, 0.2) is 0 Å². The summed E-state index contributed by atoms with van der Waals surface area (Å²) < 4.78 is 0. The molecule has 0 radical (unpaired) electrons. The lowest BCUT2D eigenvalue weighted by Crippen LogP contribution is -2.29. The van der Waals surface area contributed by atoms with Crippen LogP contribution in [-0.4, -0.2) is 22.7 Å². The topological polar surface area (TPSA) is 75.4 Å². The molecule has 1 atom stereocenters. The summed E-state index contributed by atoms with van der Waals surface area (Å²) in [7, 11) is 0. The van der Waals surface area contributed by atoms with E-state index in [1.165, 1.54) is 6.07 Å². The number of para-hydroxylation sites is 1. The van der Waals surface area contributed by atoms with E-state index in [2.05, 4.69) is 5.32 Å². The molecule has 2 N–H and O–H groups in total. The van der Waals surface area contributed by atoms with Gasteiger partial charge < -0.3 is 10.4 Å². The molecular formula is C11H15ClN2O3. The highest BCUT2D eigenvalue weighted by Crippen LogP contribution is 2.33. The predicted octanol–water partition coefficient (Wildman–Crippen LogP) is 2.68. The molecule has 0 aliphatic heterocycles. The van der Waals surface area contributed by atoms with Gasteiger partial charge in [-0.2, -0.15) is 0 Å². The van der Waals surface area contributed by atoms with Crippen LogP contribution in [0.1, 0.15) is 13.8 Å². The highest BCUT2D eigenvalue weighted by atomic mass is 35.5. The molecule has 0 bridgehead atoms. The smallest absolute Gasteiger partial charge is 0.310 e. The first-order chi connectivity index (χ1) is 7.97. The van der Waals surface area contributed by atoms with Crippen molar-refractivity contribution < 1.29 is 10.0 Å². The Kier molecular flexibility index (Phi) is 4.72. The normalized spacial score (nSPS) is 12.5. The third-order valence-electron chi connectivity index (χ3n) is 2.51. The van der Waals surface area contributed by atoms with Crippen LogP contribution >= 0.6 is 11.6 Å². The first kappa shape index (κ1) is 13.7. The van der Waals surface area contributed by atoms with Crippen molar-refractivity contribution in [3.05, 3.63) is 33.3 Å². The number of hydrogen-bond acceptors (Lipinski definition) is 4. The van der Waals surface area contributed by atoms with Crippen LogP contribution in [0.5, 0.6) is 0 Å². The van der Waals surface area contributed by atoms with Gasteiger partial charge in [-0.25, -0.2) is 0 Å². The second-order valence-corrected chi connectivity index (χ2v) is 4.48. The molecule has 0 fully saturated rings. The van der Waals surface area contributed by atoms with E-state index >= 15 is 0 Å². The lowest BCUT2D eigenvalue weighted by atomic mass is 10.0. The average Bonchev–Trinajstić information content (AvgIpc) is 2.24. The minimum absolute atomic E-state index is 0.0837. The molecule has 0 spiro atoms. The highest BCUT2D eigenvalue weighted by Gasteiger charge is 2.21. The minimum atomic E-state index is -0.528. The number of halogens is 1. The van der Waals surface area contributed by atoms with E-state index < -0.39 is 4.92 Å². The monoisotopic (exact) mass is 258 g/mol. The predicted molar refractivity (Wildman–Crippen MR) is 67.4 cm³/mol. The zero-order chi connectivity index (χ0) is 13.0. The van der Waals surface area contributed by atoms with Gasteiger partial charge in [0.2, 0.25) is 0 Å². The summed E-state index contributed by atoms with van der Waals surface area (Å²) in [5.41, 5.74) is 0.170. The number of nitrogens with one attached hydrogen (secondary N) is 1. The third kappa shape index (κ3) is 3.31. The van der Waals surface area contributed by atoms with Gasteiger partial charge in [0.1, 0.15) is 10.7 Å². The maximum absolute atomic E-state index is 10.9. The molecule has 17 heavy (non-hydrogen) atoms. The minimum Gasteiger partial charge on any atom is -0.394 e. The van der Waals surface area contributed by atoms with Gasteiger partial charge >= 0.3 is 5.69 Å². The molecule has 1 aromatic carbocycles. The van der Waals surface area contributed by atoms with Crippen molar-refractivity contribution >= 4 is 23.0 Å². The fourth-order valence-corrected chi connectivity index (χ4v) is 1.68. The standard InChI is InChI=1S/C11H15ClN2O3/c1-7(2)10(6-15)13-9-5-3-4-8(12)11(9)14(16)17/h3-5,7,10,13,15H,6H2,1-2H3/t10-/m1/s1. The summed E-state index contributed by atoms with van der Waals surface area (Å²) >= 11 is 5.79. The lowest BCUT2D eigenvalue weighted by Gasteiger charge is -2.21. The number of benzene rings is 1. The molecule has 0 amide bonds. The fourth-order valence-electron chi connectivity index (χ4n) is 1.44. The van der Waals surface area contributed by atoms with Crippen LogP contribution in [0.4, 0.5) is 11.4 Å². The summed E-state index contributed by atoms with van der Waals surface area (Å²) in [4.78, 5) is 10.4. The lowest BCUT2D eigenvalue weighted by molar-refractivity contribution is -0.383. The molecule has 0 unspecified atom stereocenters. The first-order valence-electron chi connectivity index (χ1n) is 5.27. The Morgan fingerprint density at radius 1 is 1.53 bits per heavy atom. The molecule has 1 rings (SSSR count). The number of anilines is 1. The van der Waals surface area contributed by atoms with E-state index in [1.807, 2.05) is 13.8 Å². The molecule has 5 nitrogen and oxygen atoms in total. The van der Waals surface area contributed by atoms with Crippen molar-refractivity contribution in [2.24, 2.45) is 5.92 Å². The SMILES string of the molecule is CC(C)[C@@H](CO)Nc1cccc(Cl)c1[N+](=O)[O-]. The van der Waals surface area contributed by atoms with E-state index in [4.69, 9.17) is 11.6 Å². The van der Waals surface area contributed by atoms with Gasteiger partial charge in [0, 0.05) is 0 Å². The molecular weight excluding hydrogens is 244 g/mol. The van der Waals surface area contributed by atoms with Gasteiger partial charge in [-0.15, -0.1) is 0 Å². The largest absolute Gasteiger partial charge is 0.394 e. The number of rotatable bonds is 5. The average molecular weight is 259 g/mol. The van der Waals surface area contributed by atoms with Crippen molar-refractivity contribution in [3.8, 4) is 0 Å². The fraction of sp³-hybridized carbons (Fsp3) is 0.455. The van der Waals surface area contributed by atoms with Gasteiger partial charge in [-0.3, -0.25) is 10.1 Å². The van der Waals surface area contributed by atoms with Crippen LogP contribution in [0.15, 0.2) is 18.2 Å². The summed E-state index contributed by atoms with van der Waals surface area (Å²) in [6.45, 7) is 3.75. The molecule has 0 aromatic heterocycles. The van der Waals surface area contributed by atoms with E-state index in [0.717, 1.165) is 0 Å². The van der Waals surface area contributed by atoms with E-state index in [1.54, 1.807) is 12.1 Å². The van der Waals surface area contributed by atoms with Gasteiger partial charge in [-0.1, -0.05) is 31.5 Å². The maximum atomic E-state index is 10.9. The summed E-state index contributed by atoms with van der Waals surface area (Å²) in [5.74, 6) is 0.151. The first-order valence-corrected chi connectivity index (χ1v) is 5.65. The molecule has 6 heteroatoms. The van der Waals surface area contributed by atoms with Crippen LogP contribution in [0, 0.1) is 16.0 Å². The van der Waals surface area contributed by atoms with E-state index in [0.29, 0.717) is 5.69 Å². The maximum Gasteiger partial charge on any atom is 0.310 e. The molecule has 1 aromatic rings. The highest BCUT2D eigenvalue weighted by molar-refractivity contribution is 6.33. The molecule has 0 aliphatic carbocycles. The summed E-state index contributed by atoms with van der Waals surface area (Å²) in [6.07, 6.45) is 0. The Morgan fingerprint density at radius 3 is 2.65 bits per heavy atom. The van der Waals surface area contributed by atoms with E-state index in [-0.39, 0.29) is 29.3 Å². The molecule has 94 valence electrons.